The molecule has 1 atom stereocenters. The van der Waals surface area contributed by atoms with Gasteiger partial charge in [0.25, 0.3) is 0 Å². The van der Waals surface area contributed by atoms with Crippen molar-refractivity contribution >= 4 is 23.5 Å². The average molecular weight is 341 g/mol. The summed E-state index contributed by atoms with van der Waals surface area (Å²) >= 11 is 0. The highest BCUT2D eigenvalue weighted by Crippen LogP contribution is 2.25. The number of nitrogens with zero attached hydrogens (tertiary/aromatic N) is 1. The van der Waals surface area contributed by atoms with Gasteiger partial charge in [0.15, 0.2) is 0 Å². The lowest BCUT2D eigenvalue weighted by Gasteiger charge is -2.14. The maximum absolute atomic E-state index is 12.1. The highest BCUT2D eigenvalue weighted by molar-refractivity contribution is 5.91. The lowest BCUT2D eigenvalue weighted by Crippen LogP contribution is -2.37. The second-order valence-electron chi connectivity index (χ2n) is 5.52. The minimum Gasteiger partial charge on any atom is -0.497 e. The Hall–Kier alpha value is -3.22. The van der Waals surface area contributed by atoms with Gasteiger partial charge in [-0.05, 0) is 24.3 Å². The average Bonchev–Trinajstić information content (AvgIpc) is 3.02. The number of rotatable bonds is 5. The number of nitrogens with one attached hydrogen (secondary N) is 2. The lowest BCUT2D eigenvalue weighted by atomic mass is 10.2. The lowest BCUT2D eigenvalue weighted by molar-refractivity contribution is 0.141. The van der Waals surface area contributed by atoms with Gasteiger partial charge in [0, 0.05) is 11.8 Å². The van der Waals surface area contributed by atoms with Gasteiger partial charge >= 0.3 is 12.1 Å². The maximum Gasteiger partial charge on any atom is 0.414 e. The Morgan fingerprint density at radius 3 is 2.80 bits per heavy atom. The van der Waals surface area contributed by atoms with Crippen LogP contribution in [-0.4, -0.2) is 38.4 Å². The maximum atomic E-state index is 12.1. The van der Waals surface area contributed by atoms with E-state index in [1.165, 1.54) is 4.90 Å². The number of methoxy groups -OCH3 is 1. The minimum absolute atomic E-state index is 0.227. The zero-order valence-corrected chi connectivity index (χ0v) is 13.8. The molecule has 1 heterocycles. The zero-order valence-electron chi connectivity index (χ0n) is 13.8. The summed E-state index contributed by atoms with van der Waals surface area (Å²) in [5, 5.41) is 5.42. The van der Waals surface area contributed by atoms with Crippen molar-refractivity contribution < 1.29 is 19.1 Å². The Morgan fingerprint density at radius 1 is 1.24 bits per heavy atom. The highest BCUT2D eigenvalue weighted by Gasteiger charge is 2.32. The van der Waals surface area contributed by atoms with Crippen LogP contribution in [0.4, 0.5) is 21.0 Å². The molecule has 3 rings (SSSR count). The van der Waals surface area contributed by atoms with Gasteiger partial charge < -0.3 is 20.1 Å². The number of urea groups is 1. The van der Waals surface area contributed by atoms with E-state index in [9.17, 15) is 9.59 Å². The Kier molecular flexibility index (Phi) is 5.03. The Morgan fingerprint density at radius 2 is 2.04 bits per heavy atom. The molecule has 1 unspecified atom stereocenters. The normalized spacial score (nSPS) is 16.3. The van der Waals surface area contributed by atoms with Crippen molar-refractivity contribution in [1.82, 2.24) is 5.32 Å². The summed E-state index contributed by atoms with van der Waals surface area (Å²) in [7, 11) is 1.57. The summed E-state index contributed by atoms with van der Waals surface area (Å²) in [5.74, 6) is 0.661. The molecule has 1 aliphatic heterocycles. The van der Waals surface area contributed by atoms with Gasteiger partial charge in [-0.3, -0.25) is 4.90 Å². The highest BCUT2D eigenvalue weighted by atomic mass is 16.6. The van der Waals surface area contributed by atoms with Crippen molar-refractivity contribution in [2.45, 2.75) is 6.10 Å². The first kappa shape index (κ1) is 16.6. The summed E-state index contributed by atoms with van der Waals surface area (Å²) in [6.07, 6.45) is -0.858. The number of ether oxygens (including phenoxy) is 2. The van der Waals surface area contributed by atoms with Crippen molar-refractivity contribution in [3.05, 3.63) is 54.6 Å². The van der Waals surface area contributed by atoms with Crippen molar-refractivity contribution in [2.24, 2.45) is 0 Å². The van der Waals surface area contributed by atoms with Crippen molar-refractivity contribution in [2.75, 3.05) is 30.4 Å². The second-order valence-corrected chi connectivity index (χ2v) is 5.52. The number of carbonyl (C=O) groups is 2. The number of carbonyl (C=O) groups excluding carboxylic acids is 2. The van der Waals surface area contributed by atoms with E-state index in [0.717, 1.165) is 0 Å². The van der Waals surface area contributed by atoms with E-state index in [1.54, 1.807) is 37.4 Å². The first-order chi connectivity index (χ1) is 12.2. The van der Waals surface area contributed by atoms with E-state index in [2.05, 4.69) is 10.6 Å². The monoisotopic (exact) mass is 341 g/mol. The van der Waals surface area contributed by atoms with E-state index in [0.29, 0.717) is 23.7 Å². The first-order valence-electron chi connectivity index (χ1n) is 7.88. The number of anilines is 2. The van der Waals surface area contributed by atoms with Crippen LogP contribution in [0.15, 0.2) is 54.6 Å². The molecule has 0 radical (unpaired) electrons. The summed E-state index contributed by atoms with van der Waals surface area (Å²) in [6.45, 7) is 0.586. The molecule has 2 aromatic carbocycles. The number of cyclic esters (lactones) is 1. The van der Waals surface area contributed by atoms with Crippen LogP contribution >= 0.6 is 0 Å². The quantitative estimate of drug-likeness (QED) is 0.876. The zero-order chi connectivity index (χ0) is 17.6. The van der Waals surface area contributed by atoms with Crippen molar-refractivity contribution in [3.63, 3.8) is 0 Å². The Bertz CT molecular complexity index is 751. The second kappa shape index (κ2) is 7.57. The first-order valence-corrected chi connectivity index (χ1v) is 7.88. The fourth-order valence-electron chi connectivity index (χ4n) is 2.52. The fourth-order valence-corrected chi connectivity index (χ4v) is 2.52. The van der Waals surface area contributed by atoms with E-state index >= 15 is 0 Å². The van der Waals surface area contributed by atoms with Crippen molar-refractivity contribution in [1.29, 1.82) is 0 Å². The summed E-state index contributed by atoms with van der Waals surface area (Å²) in [4.78, 5) is 25.5. The standard InChI is InChI=1S/C18H19N3O4/c1-24-15-9-5-8-14(10-15)21-12-16(25-18(21)23)11-19-17(22)20-13-6-3-2-4-7-13/h2-10,16H,11-12H2,1H3,(H2,19,20,22). The van der Waals surface area contributed by atoms with Crippen LogP contribution in [0.25, 0.3) is 0 Å². The van der Waals surface area contributed by atoms with E-state index in [-0.39, 0.29) is 12.6 Å². The van der Waals surface area contributed by atoms with Gasteiger partial charge in [-0.1, -0.05) is 24.3 Å². The van der Waals surface area contributed by atoms with Crippen LogP contribution in [0.2, 0.25) is 0 Å². The molecule has 130 valence electrons. The van der Waals surface area contributed by atoms with Crippen LogP contribution in [0.1, 0.15) is 0 Å². The summed E-state index contributed by atoms with van der Waals surface area (Å²) in [5.41, 5.74) is 1.39. The van der Waals surface area contributed by atoms with Gasteiger partial charge in [-0.25, -0.2) is 9.59 Å². The Balaban J connectivity index is 1.53. The van der Waals surface area contributed by atoms with E-state index < -0.39 is 12.2 Å². The summed E-state index contributed by atoms with van der Waals surface area (Å²) in [6, 6.07) is 16.0. The largest absolute Gasteiger partial charge is 0.497 e. The van der Waals surface area contributed by atoms with Crippen LogP contribution in [0.3, 0.4) is 0 Å². The summed E-state index contributed by atoms with van der Waals surface area (Å²) < 4.78 is 10.5. The molecule has 1 aliphatic rings. The molecule has 1 saturated heterocycles. The molecule has 2 aromatic rings. The Labute approximate surface area is 145 Å². The fraction of sp³-hybridized carbons (Fsp3) is 0.222. The molecule has 1 fully saturated rings. The van der Waals surface area contributed by atoms with Crippen LogP contribution in [0.5, 0.6) is 5.75 Å². The number of hydrogen-bond donors (Lipinski definition) is 2. The molecule has 3 amide bonds. The molecule has 7 nitrogen and oxygen atoms in total. The predicted molar refractivity (Wildman–Crippen MR) is 94.1 cm³/mol. The van der Waals surface area contributed by atoms with Gasteiger partial charge in [0.05, 0.1) is 25.9 Å². The van der Waals surface area contributed by atoms with Crippen LogP contribution in [-0.2, 0) is 4.74 Å². The molecular formula is C18H19N3O4. The number of amides is 3. The van der Waals surface area contributed by atoms with Crippen LogP contribution < -0.4 is 20.3 Å². The van der Waals surface area contributed by atoms with Gasteiger partial charge in [-0.2, -0.15) is 0 Å². The molecule has 0 aliphatic carbocycles. The third-order valence-electron chi connectivity index (χ3n) is 3.76. The molecule has 7 heteroatoms. The molecule has 2 N–H and O–H groups in total. The van der Waals surface area contributed by atoms with E-state index in [4.69, 9.17) is 9.47 Å². The number of benzene rings is 2. The molecule has 0 spiro atoms. The number of para-hydroxylation sites is 1. The predicted octanol–water partition coefficient (Wildman–Crippen LogP) is 2.84. The molecular weight excluding hydrogens is 322 g/mol. The number of hydrogen-bond acceptors (Lipinski definition) is 4. The molecule has 0 aromatic heterocycles. The molecule has 0 saturated carbocycles. The van der Waals surface area contributed by atoms with Crippen molar-refractivity contribution in [3.8, 4) is 5.75 Å². The minimum atomic E-state index is -0.441. The smallest absolute Gasteiger partial charge is 0.414 e. The molecule has 25 heavy (non-hydrogen) atoms. The SMILES string of the molecule is COc1cccc(N2CC(CNC(=O)Nc3ccccc3)OC2=O)c1. The van der Waals surface area contributed by atoms with Crippen LogP contribution in [0, 0.1) is 0 Å². The van der Waals surface area contributed by atoms with Gasteiger partial charge in [0.1, 0.15) is 11.9 Å². The topological polar surface area (TPSA) is 79.9 Å². The van der Waals surface area contributed by atoms with Gasteiger partial charge in [-0.15, -0.1) is 0 Å². The third kappa shape index (κ3) is 4.20. The van der Waals surface area contributed by atoms with Gasteiger partial charge in [0.2, 0.25) is 0 Å². The molecule has 0 bridgehead atoms. The third-order valence-corrected chi connectivity index (χ3v) is 3.76. The van der Waals surface area contributed by atoms with E-state index in [1.807, 2.05) is 24.3 Å².